The quantitative estimate of drug-likeness (QED) is 0.368. The van der Waals surface area contributed by atoms with Gasteiger partial charge in [-0.3, -0.25) is 24.0 Å². The highest BCUT2D eigenvalue weighted by molar-refractivity contribution is 7.19. The summed E-state index contributed by atoms with van der Waals surface area (Å²) in [5, 5.41) is 3.82. The smallest absolute Gasteiger partial charge is 0.326 e. The summed E-state index contributed by atoms with van der Waals surface area (Å²) in [6.45, 7) is 6.68. The number of fused-ring (bicyclic) bond motifs is 3. The van der Waals surface area contributed by atoms with E-state index in [9.17, 15) is 14.4 Å². The number of morpholine rings is 1. The van der Waals surface area contributed by atoms with E-state index in [1.165, 1.54) is 16.2 Å². The summed E-state index contributed by atoms with van der Waals surface area (Å²) in [7, 11) is 0. The van der Waals surface area contributed by atoms with E-state index in [1.807, 2.05) is 32.0 Å². The number of ether oxygens (including phenoxy) is 1. The van der Waals surface area contributed by atoms with Gasteiger partial charge in [-0.15, -0.1) is 11.3 Å². The first-order valence-electron chi connectivity index (χ1n) is 12.7. The summed E-state index contributed by atoms with van der Waals surface area (Å²) in [5.41, 5.74) is 3.42. The summed E-state index contributed by atoms with van der Waals surface area (Å²) in [5.74, 6) is -0.566. The van der Waals surface area contributed by atoms with Crippen molar-refractivity contribution < 1.29 is 14.3 Å². The van der Waals surface area contributed by atoms with Crippen LogP contribution in [-0.2, 0) is 27.4 Å². The van der Waals surface area contributed by atoms with E-state index in [0.717, 1.165) is 38.3 Å². The van der Waals surface area contributed by atoms with Gasteiger partial charge in [0.05, 0.1) is 58.9 Å². The van der Waals surface area contributed by atoms with Crippen LogP contribution in [0.25, 0.3) is 32.4 Å². The molecule has 38 heavy (non-hydrogen) atoms. The average molecular weight is 552 g/mol. The lowest BCUT2D eigenvalue weighted by Crippen LogP contribution is -2.42. The van der Waals surface area contributed by atoms with E-state index < -0.39 is 0 Å². The molecule has 0 radical (unpaired) electrons. The van der Waals surface area contributed by atoms with Crippen molar-refractivity contribution >= 4 is 56.0 Å². The Labute approximate surface area is 226 Å². The van der Waals surface area contributed by atoms with Crippen LogP contribution in [0.15, 0.2) is 35.3 Å². The van der Waals surface area contributed by atoms with Crippen molar-refractivity contribution in [2.75, 3.05) is 19.7 Å². The van der Waals surface area contributed by atoms with Crippen LogP contribution in [0.4, 0.5) is 0 Å². The van der Waals surface area contributed by atoms with Crippen LogP contribution in [0, 0.1) is 17.3 Å². The van der Waals surface area contributed by atoms with Crippen LogP contribution in [-0.4, -0.2) is 57.0 Å². The number of imide groups is 1. The van der Waals surface area contributed by atoms with Gasteiger partial charge < -0.3 is 15.0 Å². The Morgan fingerprint density at radius 2 is 1.95 bits per heavy atom. The Hall–Kier alpha value is -3.05. The largest absolute Gasteiger partial charge is 0.374 e. The Morgan fingerprint density at radius 3 is 2.68 bits per heavy atom. The van der Waals surface area contributed by atoms with E-state index in [1.54, 1.807) is 16.8 Å². The van der Waals surface area contributed by atoms with Crippen molar-refractivity contribution in [3.63, 3.8) is 0 Å². The number of H-pyrrole nitrogens is 1. The molecule has 3 atom stereocenters. The molecule has 11 heteroatoms. The molecule has 2 unspecified atom stereocenters. The van der Waals surface area contributed by atoms with E-state index in [-0.39, 0.29) is 47.4 Å². The molecule has 5 heterocycles. The summed E-state index contributed by atoms with van der Waals surface area (Å²) < 4.78 is 8.50. The molecule has 1 aliphatic carbocycles. The predicted octanol–water partition coefficient (Wildman–Crippen LogP) is 3.39. The number of rotatable bonds is 5. The Bertz CT molecular complexity index is 1670. The monoisotopic (exact) mass is 551 g/mol. The molecule has 2 saturated heterocycles. The normalized spacial score (nSPS) is 24.5. The fourth-order valence-corrected chi connectivity index (χ4v) is 7.53. The molecule has 0 spiro atoms. The number of hydrogen-bond donors (Lipinski definition) is 2. The van der Waals surface area contributed by atoms with Crippen molar-refractivity contribution in [1.29, 1.82) is 0 Å². The minimum Gasteiger partial charge on any atom is -0.374 e. The predicted molar refractivity (Wildman–Crippen MR) is 145 cm³/mol. The zero-order valence-electron chi connectivity index (χ0n) is 20.9. The van der Waals surface area contributed by atoms with Gasteiger partial charge in [0.25, 0.3) is 0 Å². The fraction of sp³-hybridized carbons (Fsp3) is 0.407. The maximum absolute atomic E-state index is 13.0. The molecule has 3 fully saturated rings. The van der Waals surface area contributed by atoms with Gasteiger partial charge in [0.2, 0.25) is 11.8 Å². The average Bonchev–Trinajstić information content (AvgIpc) is 3.16. The number of hydrogen-bond acceptors (Lipinski definition) is 7. The maximum atomic E-state index is 13.0. The number of nitrogens with zero attached hydrogens (tertiary/aromatic N) is 3. The van der Waals surface area contributed by atoms with Crippen LogP contribution in [0.2, 0.25) is 5.02 Å². The van der Waals surface area contributed by atoms with Gasteiger partial charge >= 0.3 is 5.69 Å². The van der Waals surface area contributed by atoms with Gasteiger partial charge in [0.1, 0.15) is 0 Å². The van der Waals surface area contributed by atoms with Crippen molar-refractivity contribution in [1.82, 2.24) is 24.8 Å². The van der Waals surface area contributed by atoms with Gasteiger partial charge in [-0.2, -0.15) is 0 Å². The first-order chi connectivity index (χ1) is 18.2. The third-order valence-corrected chi connectivity index (χ3v) is 9.54. The van der Waals surface area contributed by atoms with Crippen LogP contribution >= 0.6 is 22.9 Å². The topological polar surface area (TPSA) is 109 Å². The molecule has 1 aromatic carbocycles. The van der Waals surface area contributed by atoms with Crippen molar-refractivity contribution in [3.05, 3.63) is 50.8 Å². The second kappa shape index (κ2) is 8.47. The number of thiophene rings is 1. The summed E-state index contributed by atoms with van der Waals surface area (Å²) >= 11 is 8.01. The number of halogens is 1. The SMILES string of the molecule is CC1(C)C2C(=O)N(Cc3cc4nccc(-c5cc(Cl)cc6[nH]c(=O)n(C[C@H]7CNCCO7)c56)c4s3)C(=O)C21. The molecule has 4 aromatic rings. The van der Waals surface area contributed by atoms with E-state index in [4.69, 9.17) is 16.3 Å². The number of pyridine rings is 1. The first-order valence-corrected chi connectivity index (χ1v) is 13.9. The van der Waals surface area contributed by atoms with Gasteiger partial charge in [0, 0.05) is 40.3 Å². The lowest BCUT2D eigenvalue weighted by atomic mass is 10.0. The number of piperidine rings is 1. The second-order valence-electron chi connectivity index (χ2n) is 10.9. The molecule has 3 aliphatic rings. The third-order valence-electron chi connectivity index (χ3n) is 8.18. The fourth-order valence-electron chi connectivity index (χ4n) is 6.18. The number of benzene rings is 1. The maximum Gasteiger partial charge on any atom is 0.326 e. The highest BCUT2D eigenvalue weighted by Gasteiger charge is 2.72. The molecular formula is C27H26ClN5O4S. The number of carbonyl (C=O) groups is 2. The molecule has 7 rings (SSSR count). The molecule has 2 N–H and O–H groups in total. The number of aromatic amines is 1. The zero-order chi connectivity index (χ0) is 26.3. The highest BCUT2D eigenvalue weighted by Crippen LogP contribution is 2.63. The Balaban J connectivity index is 1.29. The summed E-state index contributed by atoms with van der Waals surface area (Å²) in [4.78, 5) is 48.6. The Morgan fingerprint density at radius 1 is 1.16 bits per heavy atom. The van der Waals surface area contributed by atoms with Gasteiger partial charge in [-0.05, 0) is 29.7 Å². The van der Waals surface area contributed by atoms with Crippen LogP contribution in [0.5, 0.6) is 0 Å². The zero-order valence-corrected chi connectivity index (χ0v) is 22.5. The van der Waals surface area contributed by atoms with Gasteiger partial charge in [0.15, 0.2) is 0 Å². The van der Waals surface area contributed by atoms with E-state index >= 15 is 0 Å². The lowest BCUT2D eigenvalue weighted by Gasteiger charge is -2.24. The minimum absolute atomic E-state index is 0.0806. The number of aromatic nitrogens is 3. The van der Waals surface area contributed by atoms with Crippen molar-refractivity contribution in [2.45, 2.75) is 33.0 Å². The number of amides is 2. The van der Waals surface area contributed by atoms with Crippen LogP contribution < -0.4 is 11.0 Å². The number of carbonyl (C=O) groups excluding carboxylic acids is 2. The molecule has 1 saturated carbocycles. The molecule has 2 aliphatic heterocycles. The Kier molecular flexibility index (Phi) is 5.36. The van der Waals surface area contributed by atoms with Crippen LogP contribution in [0.1, 0.15) is 18.7 Å². The van der Waals surface area contributed by atoms with E-state index in [2.05, 4.69) is 15.3 Å². The third kappa shape index (κ3) is 3.58. The standard InChI is InChI=1S/C27H26ClN5O4S/c1-27(2)20-21(27)25(35)33(24(20)34)12-15-9-19-23(38-15)16(3-4-30-19)17-7-13(28)8-18-22(17)32(26(36)31-18)11-14-10-29-5-6-37-14/h3-4,7-9,14,20-21,29H,5-6,10-12H2,1-2H3,(H,31,36)/t14-,20?,21?/m1/s1. The lowest BCUT2D eigenvalue weighted by molar-refractivity contribution is -0.143. The molecule has 9 nitrogen and oxygen atoms in total. The van der Waals surface area contributed by atoms with E-state index in [0.29, 0.717) is 30.2 Å². The van der Waals surface area contributed by atoms with Crippen molar-refractivity contribution in [3.8, 4) is 11.1 Å². The molecular weight excluding hydrogens is 526 g/mol. The molecule has 0 bridgehead atoms. The highest BCUT2D eigenvalue weighted by atomic mass is 35.5. The van der Waals surface area contributed by atoms with Crippen LogP contribution in [0.3, 0.4) is 0 Å². The molecule has 3 aromatic heterocycles. The summed E-state index contributed by atoms with van der Waals surface area (Å²) in [6, 6.07) is 7.48. The van der Waals surface area contributed by atoms with Crippen molar-refractivity contribution in [2.24, 2.45) is 17.3 Å². The first kappa shape index (κ1) is 24.0. The molecule has 2 amide bonds. The molecule has 196 valence electrons. The van der Waals surface area contributed by atoms with Gasteiger partial charge in [-0.25, -0.2) is 4.79 Å². The number of likely N-dealkylation sites (tertiary alicyclic amines) is 1. The number of imidazole rings is 1. The second-order valence-corrected chi connectivity index (χ2v) is 12.5. The minimum atomic E-state index is -0.234. The van der Waals surface area contributed by atoms with Gasteiger partial charge in [-0.1, -0.05) is 25.4 Å². The number of nitrogens with one attached hydrogen (secondary N) is 2. The summed E-state index contributed by atoms with van der Waals surface area (Å²) in [6.07, 6.45) is 1.61.